The minimum Gasteiger partial charge on any atom is -0.367 e. The maximum absolute atomic E-state index is 13.7. The summed E-state index contributed by atoms with van der Waals surface area (Å²) in [5.41, 5.74) is 0.461. The van der Waals surface area contributed by atoms with Gasteiger partial charge in [0, 0.05) is 28.1 Å². The number of nitrogens with zero attached hydrogens (tertiary/aromatic N) is 3. The summed E-state index contributed by atoms with van der Waals surface area (Å²) in [6, 6.07) is 3.99. The standard InChI is InChI=1S/C26H26F3N5O5S2/c1-13-16(23-21-14(5-7-38-23)2-3-19(34-21)26(27,28)29)8-18(40-13)22(35)17-11-31-12-32-24(17)33-15-4-6-25(9-15)10-20(25)39-41(30,36)37/h2-3,8,11-12,15,20,23H,4-7,9-10H2,1H3,(H2,30,36,37)(H,31,32,33)/t15-,20-,23?,25?/m0/s1. The summed E-state index contributed by atoms with van der Waals surface area (Å²) in [5.74, 6) is 0.00927. The van der Waals surface area contributed by atoms with Crippen molar-refractivity contribution in [3.63, 3.8) is 0 Å². The third-order valence-corrected chi connectivity index (χ3v) is 9.54. The van der Waals surface area contributed by atoms with E-state index >= 15 is 0 Å². The Bertz CT molecular complexity index is 1630. The number of aromatic nitrogens is 3. The molecule has 1 aliphatic heterocycles. The molecule has 2 unspecified atom stereocenters. The zero-order valence-electron chi connectivity index (χ0n) is 21.8. The number of ether oxygens (including phenoxy) is 1. The van der Waals surface area contributed by atoms with Crippen LogP contribution in [0.5, 0.6) is 0 Å². The third-order valence-electron chi connectivity index (χ3n) is 7.98. The molecular formula is C26H26F3N5O5S2. The van der Waals surface area contributed by atoms with Gasteiger partial charge in [0.15, 0.2) is 0 Å². The lowest BCUT2D eigenvalue weighted by Gasteiger charge is -2.26. The van der Waals surface area contributed by atoms with E-state index in [-0.39, 0.29) is 28.5 Å². The van der Waals surface area contributed by atoms with Gasteiger partial charge >= 0.3 is 16.5 Å². The van der Waals surface area contributed by atoms with E-state index in [0.717, 1.165) is 23.8 Å². The summed E-state index contributed by atoms with van der Waals surface area (Å²) in [6.07, 6.45) is 0.0439. The van der Waals surface area contributed by atoms with Crippen LogP contribution in [0, 0.1) is 12.3 Å². The van der Waals surface area contributed by atoms with Crippen LogP contribution < -0.4 is 10.5 Å². The van der Waals surface area contributed by atoms with Crippen molar-refractivity contribution in [2.45, 2.75) is 63.5 Å². The molecule has 3 aliphatic rings. The van der Waals surface area contributed by atoms with E-state index in [1.165, 1.54) is 29.9 Å². The highest BCUT2D eigenvalue weighted by atomic mass is 32.2. The summed E-state index contributed by atoms with van der Waals surface area (Å²) in [5, 5.41) is 8.34. The largest absolute Gasteiger partial charge is 0.433 e. The van der Waals surface area contributed by atoms with Gasteiger partial charge in [-0.15, -0.1) is 11.3 Å². The fourth-order valence-electron chi connectivity index (χ4n) is 5.87. The van der Waals surface area contributed by atoms with E-state index in [2.05, 4.69) is 20.3 Å². The van der Waals surface area contributed by atoms with Crippen molar-refractivity contribution in [1.29, 1.82) is 0 Å². The molecule has 0 saturated heterocycles. The average molecular weight is 610 g/mol. The normalized spacial score (nSPS) is 25.7. The molecule has 2 fully saturated rings. The number of alkyl halides is 3. The number of nitrogens with two attached hydrogens (primary N) is 1. The number of nitrogens with one attached hydrogen (secondary N) is 1. The summed E-state index contributed by atoms with van der Waals surface area (Å²) in [7, 11) is -4.03. The Morgan fingerprint density at radius 1 is 1.29 bits per heavy atom. The van der Waals surface area contributed by atoms with Gasteiger partial charge in [-0.1, -0.05) is 6.07 Å². The highest BCUT2D eigenvalue weighted by Gasteiger charge is 2.60. The molecule has 6 rings (SSSR count). The number of pyridine rings is 1. The highest BCUT2D eigenvalue weighted by Crippen LogP contribution is 2.60. The minimum absolute atomic E-state index is 0.0628. The SMILES string of the molecule is Cc1sc(C(=O)c2cncnc2N[C@H]2CCC3(C2)C[C@@H]3OS(N)(=O)=O)cc1C1OCCc2ccc(C(F)(F)F)nc21. The molecule has 0 bridgehead atoms. The predicted octanol–water partition coefficient (Wildman–Crippen LogP) is 4.10. The van der Waals surface area contributed by atoms with Gasteiger partial charge in [0.25, 0.3) is 0 Å². The molecule has 0 radical (unpaired) electrons. The number of anilines is 1. The van der Waals surface area contributed by atoms with Gasteiger partial charge in [-0.3, -0.25) is 8.98 Å². The summed E-state index contributed by atoms with van der Waals surface area (Å²) in [6.45, 7) is 2.10. The zero-order valence-corrected chi connectivity index (χ0v) is 23.4. The first-order valence-electron chi connectivity index (χ1n) is 12.9. The molecule has 218 valence electrons. The van der Waals surface area contributed by atoms with Gasteiger partial charge in [-0.25, -0.2) is 20.1 Å². The lowest BCUT2D eigenvalue weighted by atomic mass is 9.97. The van der Waals surface area contributed by atoms with Crippen molar-refractivity contribution < 1.29 is 35.3 Å². The molecule has 0 aromatic carbocycles. The number of fused-ring (bicyclic) bond motifs is 1. The van der Waals surface area contributed by atoms with Crippen LogP contribution in [0.4, 0.5) is 19.0 Å². The Balaban J connectivity index is 1.22. The monoisotopic (exact) mass is 609 g/mol. The third kappa shape index (κ3) is 5.60. The Morgan fingerprint density at radius 3 is 2.85 bits per heavy atom. The molecule has 15 heteroatoms. The lowest BCUT2D eigenvalue weighted by molar-refractivity contribution is -0.141. The second kappa shape index (κ2) is 10.1. The molecule has 3 aromatic rings. The predicted molar refractivity (Wildman–Crippen MR) is 142 cm³/mol. The number of rotatable bonds is 7. The van der Waals surface area contributed by atoms with Crippen molar-refractivity contribution in [3.8, 4) is 0 Å². The van der Waals surface area contributed by atoms with Gasteiger partial charge in [0.1, 0.15) is 23.9 Å². The maximum atomic E-state index is 13.7. The van der Waals surface area contributed by atoms with E-state index in [1.54, 1.807) is 13.0 Å². The first-order chi connectivity index (χ1) is 19.3. The van der Waals surface area contributed by atoms with Crippen molar-refractivity contribution in [1.82, 2.24) is 15.0 Å². The van der Waals surface area contributed by atoms with Crippen LogP contribution in [0.3, 0.4) is 0 Å². The molecule has 41 heavy (non-hydrogen) atoms. The number of aryl methyl sites for hydroxylation is 1. The topological polar surface area (TPSA) is 146 Å². The number of hydrogen-bond acceptors (Lipinski definition) is 10. The van der Waals surface area contributed by atoms with E-state index in [9.17, 15) is 26.4 Å². The smallest absolute Gasteiger partial charge is 0.367 e. The highest BCUT2D eigenvalue weighted by molar-refractivity contribution is 7.84. The zero-order chi connectivity index (χ0) is 29.2. The van der Waals surface area contributed by atoms with Crippen LogP contribution in [0.2, 0.25) is 0 Å². The van der Waals surface area contributed by atoms with Gasteiger partial charge in [0.2, 0.25) is 5.78 Å². The first-order valence-corrected chi connectivity index (χ1v) is 15.2. The quantitative estimate of drug-likeness (QED) is 0.378. The second-order valence-electron chi connectivity index (χ2n) is 10.7. The van der Waals surface area contributed by atoms with Crippen LogP contribution in [-0.2, 0) is 31.8 Å². The van der Waals surface area contributed by atoms with E-state index in [4.69, 9.17) is 14.1 Å². The Morgan fingerprint density at radius 2 is 2.10 bits per heavy atom. The number of thiophene rings is 1. The molecular weight excluding hydrogens is 583 g/mol. The molecule has 1 spiro atoms. The van der Waals surface area contributed by atoms with Crippen LogP contribution in [-0.4, -0.2) is 47.9 Å². The maximum Gasteiger partial charge on any atom is 0.433 e. The van der Waals surface area contributed by atoms with Crippen LogP contribution in [0.25, 0.3) is 0 Å². The number of hydrogen-bond donors (Lipinski definition) is 2. The number of carbonyl (C=O) groups is 1. The molecule has 3 N–H and O–H groups in total. The van der Waals surface area contributed by atoms with Crippen molar-refractivity contribution >= 4 is 33.2 Å². The van der Waals surface area contributed by atoms with Crippen molar-refractivity contribution in [3.05, 3.63) is 68.6 Å². The number of ketones is 1. The Kier molecular flexibility index (Phi) is 6.92. The fourth-order valence-corrected chi connectivity index (χ4v) is 7.47. The molecule has 10 nitrogen and oxygen atoms in total. The van der Waals surface area contributed by atoms with E-state index < -0.39 is 34.4 Å². The van der Waals surface area contributed by atoms with E-state index in [1.807, 2.05) is 0 Å². The molecule has 4 atom stereocenters. The average Bonchev–Trinajstić information content (AvgIpc) is 3.19. The van der Waals surface area contributed by atoms with E-state index in [0.29, 0.717) is 47.7 Å². The van der Waals surface area contributed by atoms with Gasteiger partial charge in [-0.2, -0.15) is 21.6 Å². The first kappa shape index (κ1) is 28.2. The number of halogens is 3. The minimum atomic E-state index is -4.59. The molecule has 0 amide bonds. The van der Waals surface area contributed by atoms with Gasteiger partial charge in [-0.05, 0) is 56.7 Å². The summed E-state index contributed by atoms with van der Waals surface area (Å²) < 4.78 is 73.7. The molecule has 3 aromatic heterocycles. The van der Waals surface area contributed by atoms with Gasteiger partial charge in [0.05, 0.1) is 28.8 Å². The Labute approximate surface area is 237 Å². The second-order valence-corrected chi connectivity index (χ2v) is 13.1. The Hall–Kier alpha value is -2.98. The van der Waals surface area contributed by atoms with Crippen molar-refractivity contribution in [2.24, 2.45) is 10.6 Å². The van der Waals surface area contributed by atoms with Crippen molar-refractivity contribution in [2.75, 3.05) is 11.9 Å². The summed E-state index contributed by atoms with van der Waals surface area (Å²) in [4.78, 5) is 27.0. The lowest BCUT2D eigenvalue weighted by Crippen LogP contribution is -2.22. The summed E-state index contributed by atoms with van der Waals surface area (Å²) >= 11 is 1.21. The molecule has 2 saturated carbocycles. The van der Waals surface area contributed by atoms with Crippen LogP contribution in [0.1, 0.15) is 74.4 Å². The molecule has 4 heterocycles. The number of carbonyl (C=O) groups excluding carboxylic acids is 1. The van der Waals surface area contributed by atoms with Gasteiger partial charge < -0.3 is 10.1 Å². The van der Waals surface area contributed by atoms with Crippen LogP contribution in [0.15, 0.2) is 30.7 Å². The van der Waals surface area contributed by atoms with Crippen LogP contribution >= 0.6 is 11.3 Å². The molecule has 2 aliphatic carbocycles. The fraction of sp³-hybridized carbons (Fsp3) is 0.462.